The molecule has 0 spiro atoms. The molecule has 13 heavy (non-hydrogen) atoms. The fourth-order valence-corrected chi connectivity index (χ4v) is 2.56. The van der Waals surface area contributed by atoms with E-state index in [1.807, 2.05) is 0 Å². The minimum Gasteiger partial charge on any atom is -0.340 e. The van der Waals surface area contributed by atoms with Crippen LogP contribution in [0.15, 0.2) is 0 Å². The van der Waals surface area contributed by atoms with Crippen molar-refractivity contribution in [3.05, 3.63) is 0 Å². The summed E-state index contributed by atoms with van der Waals surface area (Å²) < 4.78 is 0. The molecular weight excluding hydrogens is 186 g/mol. The minimum atomic E-state index is -0.288. The minimum absolute atomic E-state index is 0.144. The summed E-state index contributed by atoms with van der Waals surface area (Å²) in [6, 6.07) is 0. The molecule has 0 aromatic rings. The van der Waals surface area contributed by atoms with E-state index in [1.54, 1.807) is 4.90 Å². The zero-order chi connectivity index (χ0) is 9.47. The lowest BCUT2D eigenvalue weighted by Crippen LogP contribution is -2.58. The average molecular weight is 197 g/mol. The molecule has 2 fully saturated rings. The number of nitrogens with zero attached hydrogens (tertiary/aromatic N) is 2. The number of nitriles is 1. The standard InChI is InChI=1S/C8H11N3OS/c9-5-11-3-6-1-2-8(6,4-11)10-7(12)13/h6H,1-4H2,(H2,10,12,13). The molecule has 2 rings (SSSR count). The normalized spacial score (nSPS) is 36.0. The fraction of sp³-hybridized carbons (Fsp3) is 0.750. The van der Waals surface area contributed by atoms with Gasteiger partial charge in [0.2, 0.25) is 0 Å². The number of fused-ring (bicyclic) bond motifs is 1. The number of likely N-dealkylation sites (tertiary alicyclic amines) is 1. The highest BCUT2D eigenvalue weighted by Gasteiger charge is 2.53. The first-order chi connectivity index (χ1) is 6.16. The zero-order valence-corrected chi connectivity index (χ0v) is 8.05. The largest absolute Gasteiger partial charge is 0.340 e. The summed E-state index contributed by atoms with van der Waals surface area (Å²) in [5.74, 6) is 0.447. The number of hydrogen-bond donors (Lipinski definition) is 2. The van der Waals surface area contributed by atoms with Crippen LogP contribution in [0.2, 0.25) is 0 Å². The van der Waals surface area contributed by atoms with Gasteiger partial charge in [0, 0.05) is 12.5 Å². The molecule has 0 aromatic carbocycles. The molecule has 2 aliphatic rings. The molecular formula is C8H11N3OS. The van der Waals surface area contributed by atoms with Crippen molar-refractivity contribution < 1.29 is 4.79 Å². The molecule has 1 aliphatic heterocycles. The van der Waals surface area contributed by atoms with E-state index in [4.69, 9.17) is 5.26 Å². The smallest absolute Gasteiger partial charge is 0.276 e. The predicted molar refractivity (Wildman–Crippen MR) is 50.2 cm³/mol. The summed E-state index contributed by atoms with van der Waals surface area (Å²) in [4.78, 5) is 12.5. The van der Waals surface area contributed by atoms with Crippen molar-refractivity contribution in [3.8, 4) is 6.19 Å². The van der Waals surface area contributed by atoms with Gasteiger partial charge >= 0.3 is 0 Å². The highest BCUT2D eigenvalue weighted by Crippen LogP contribution is 2.44. The van der Waals surface area contributed by atoms with Crippen LogP contribution in [0.25, 0.3) is 0 Å². The molecule has 2 atom stereocenters. The van der Waals surface area contributed by atoms with Gasteiger partial charge in [0.1, 0.15) is 0 Å². The van der Waals surface area contributed by atoms with E-state index >= 15 is 0 Å². The van der Waals surface area contributed by atoms with Crippen LogP contribution in [0.3, 0.4) is 0 Å². The second-order valence-corrected chi connectivity index (χ2v) is 4.21. The van der Waals surface area contributed by atoms with Crippen LogP contribution >= 0.6 is 12.6 Å². The SMILES string of the molecule is N#CN1CC2CCC2(NC(=O)S)C1. The lowest BCUT2D eigenvalue weighted by Gasteiger charge is -2.43. The Bertz CT molecular complexity index is 288. The third-order valence-electron chi connectivity index (χ3n) is 3.13. The van der Waals surface area contributed by atoms with Crippen molar-refractivity contribution >= 4 is 17.9 Å². The second-order valence-electron chi connectivity index (χ2n) is 3.80. The summed E-state index contributed by atoms with van der Waals surface area (Å²) in [5, 5.41) is 11.3. The van der Waals surface area contributed by atoms with Gasteiger partial charge in [0.15, 0.2) is 6.19 Å². The van der Waals surface area contributed by atoms with Gasteiger partial charge in [-0.1, -0.05) is 12.6 Å². The van der Waals surface area contributed by atoms with Gasteiger partial charge < -0.3 is 10.2 Å². The first kappa shape index (κ1) is 8.70. The summed E-state index contributed by atoms with van der Waals surface area (Å²) >= 11 is 3.71. The Labute approximate surface area is 82.3 Å². The van der Waals surface area contributed by atoms with Gasteiger partial charge in [-0.3, -0.25) is 4.79 Å². The first-order valence-electron chi connectivity index (χ1n) is 4.32. The van der Waals surface area contributed by atoms with Crippen molar-refractivity contribution in [2.45, 2.75) is 18.4 Å². The topological polar surface area (TPSA) is 56.1 Å². The molecule has 1 N–H and O–H groups in total. The molecule has 1 saturated heterocycles. The number of carbonyl (C=O) groups excluding carboxylic acids is 1. The second kappa shape index (κ2) is 2.81. The first-order valence-corrected chi connectivity index (χ1v) is 4.77. The molecule has 4 nitrogen and oxygen atoms in total. The molecule has 70 valence electrons. The highest BCUT2D eigenvalue weighted by molar-refractivity contribution is 7.96. The van der Waals surface area contributed by atoms with Crippen molar-refractivity contribution in [3.63, 3.8) is 0 Å². The lowest BCUT2D eigenvalue weighted by molar-refractivity contribution is 0.148. The number of carbonyl (C=O) groups is 1. The maximum atomic E-state index is 10.8. The van der Waals surface area contributed by atoms with Gasteiger partial charge in [-0.25, -0.2) is 0 Å². The van der Waals surface area contributed by atoms with E-state index in [0.717, 1.165) is 19.4 Å². The highest BCUT2D eigenvalue weighted by atomic mass is 32.1. The summed E-state index contributed by atoms with van der Waals surface area (Å²) in [5.41, 5.74) is -0.144. The van der Waals surface area contributed by atoms with Crippen LogP contribution in [-0.4, -0.2) is 28.8 Å². The van der Waals surface area contributed by atoms with E-state index in [9.17, 15) is 4.79 Å². The third kappa shape index (κ3) is 1.25. The van der Waals surface area contributed by atoms with Crippen LogP contribution in [0.1, 0.15) is 12.8 Å². The molecule has 0 bridgehead atoms. The van der Waals surface area contributed by atoms with Gasteiger partial charge in [-0.05, 0) is 12.8 Å². The third-order valence-corrected chi connectivity index (χ3v) is 3.24. The molecule has 5 heteroatoms. The van der Waals surface area contributed by atoms with Crippen LogP contribution in [0.4, 0.5) is 4.79 Å². The zero-order valence-electron chi connectivity index (χ0n) is 7.16. The maximum Gasteiger partial charge on any atom is 0.276 e. The fourth-order valence-electron chi connectivity index (χ4n) is 2.34. The molecule has 0 radical (unpaired) electrons. The van der Waals surface area contributed by atoms with Gasteiger partial charge in [-0.2, -0.15) is 5.26 Å². The molecule has 1 aliphatic carbocycles. The summed E-state index contributed by atoms with van der Waals surface area (Å²) in [6.45, 7) is 1.44. The van der Waals surface area contributed by atoms with Crippen molar-refractivity contribution in [2.24, 2.45) is 5.92 Å². The molecule has 1 saturated carbocycles. The van der Waals surface area contributed by atoms with Crippen molar-refractivity contribution in [2.75, 3.05) is 13.1 Å². The Morgan fingerprint density at radius 1 is 1.77 bits per heavy atom. The number of rotatable bonds is 1. The molecule has 0 aromatic heterocycles. The number of thiol groups is 1. The number of amides is 1. The van der Waals surface area contributed by atoms with Crippen molar-refractivity contribution in [1.29, 1.82) is 5.26 Å². The Morgan fingerprint density at radius 2 is 2.54 bits per heavy atom. The van der Waals surface area contributed by atoms with E-state index in [1.165, 1.54) is 0 Å². The summed E-state index contributed by atoms with van der Waals surface area (Å²) in [6.07, 6.45) is 4.20. The number of nitrogens with one attached hydrogen (secondary N) is 1. The van der Waals surface area contributed by atoms with Crippen LogP contribution in [-0.2, 0) is 0 Å². The van der Waals surface area contributed by atoms with Gasteiger partial charge in [-0.15, -0.1) is 0 Å². The van der Waals surface area contributed by atoms with E-state index in [2.05, 4.69) is 24.1 Å². The Kier molecular flexibility index (Phi) is 1.88. The van der Waals surface area contributed by atoms with Crippen molar-refractivity contribution in [1.82, 2.24) is 10.2 Å². The monoisotopic (exact) mass is 197 g/mol. The quantitative estimate of drug-likeness (QED) is 0.477. The van der Waals surface area contributed by atoms with E-state index < -0.39 is 0 Å². The van der Waals surface area contributed by atoms with Gasteiger partial charge in [0.25, 0.3) is 5.24 Å². The Hall–Kier alpha value is -0.890. The van der Waals surface area contributed by atoms with Crippen LogP contribution in [0, 0.1) is 17.4 Å². The van der Waals surface area contributed by atoms with E-state index in [-0.39, 0.29) is 10.8 Å². The summed E-state index contributed by atoms with van der Waals surface area (Å²) in [7, 11) is 0. The molecule has 2 unspecified atom stereocenters. The van der Waals surface area contributed by atoms with Crippen LogP contribution in [0.5, 0.6) is 0 Å². The number of hydrogen-bond acceptors (Lipinski definition) is 3. The molecule has 1 amide bonds. The molecule has 1 heterocycles. The van der Waals surface area contributed by atoms with E-state index in [0.29, 0.717) is 12.5 Å². The maximum absolute atomic E-state index is 10.8. The predicted octanol–water partition coefficient (Wildman–Crippen LogP) is 0.571. The van der Waals surface area contributed by atoms with Gasteiger partial charge in [0.05, 0.1) is 12.1 Å². The average Bonchev–Trinajstić information content (AvgIpc) is 2.28. The van der Waals surface area contributed by atoms with Crippen LogP contribution < -0.4 is 5.32 Å². The Morgan fingerprint density at radius 3 is 3.00 bits per heavy atom. The lowest BCUT2D eigenvalue weighted by atomic mass is 9.69. The Balaban J connectivity index is 2.08.